The van der Waals surface area contributed by atoms with Gasteiger partial charge in [0.05, 0.1) is 17.5 Å². The van der Waals surface area contributed by atoms with Gasteiger partial charge in [-0.25, -0.2) is 0 Å². The number of halogens is 2. The molecule has 0 bridgehead atoms. The van der Waals surface area contributed by atoms with Crippen molar-refractivity contribution in [3.05, 3.63) is 145 Å². The molecule has 41 heavy (non-hydrogen) atoms. The Bertz CT molecular complexity index is 1510. The van der Waals surface area contributed by atoms with Crippen molar-refractivity contribution in [3.63, 3.8) is 0 Å². The molecule has 0 saturated carbocycles. The largest absolute Gasteiger partial charge is 0.493 e. The van der Waals surface area contributed by atoms with E-state index in [1.807, 2.05) is 47.8 Å². The van der Waals surface area contributed by atoms with E-state index in [1.165, 1.54) is 21.8 Å². The van der Waals surface area contributed by atoms with Gasteiger partial charge in [0.25, 0.3) is 0 Å². The molecule has 6 heteroatoms. The van der Waals surface area contributed by atoms with Crippen LogP contribution < -0.4 is 4.74 Å². The van der Waals surface area contributed by atoms with Crippen LogP contribution in [0.3, 0.4) is 0 Å². The van der Waals surface area contributed by atoms with Crippen LogP contribution in [0, 0.1) is 0 Å². The van der Waals surface area contributed by atoms with E-state index in [1.54, 1.807) is 0 Å². The number of hydrogen-bond donors (Lipinski definition) is 0. The van der Waals surface area contributed by atoms with Gasteiger partial charge in [-0.3, -0.25) is 0 Å². The molecule has 4 aromatic rings. The Morgan fingerprint density at radius 2 is 1.41 bits per heavy atom. The number of thioether (sulfide) groups is 2. The Kier molecular flexibility index (Phi) is 9.32. The van der Waals surface area contributed by atoms with E-state index in [0.717, 1.165) is 70.3 Å². The van der Waals surface area contributed by atoms with Crippen molar-refractivity contribution in [2.45, 2.75) is 19.3 Å². The third-order valence-corrected chi connectivity index (χ3v) is 10.2. The van der Waals surface area contributed by atoms with Gasteiger partial charge in [0.1, 0.15) is 11.5 Å². The van der Waals surface area contributed by atoms with Crippen molar-refractivity contribution >= 4 is 57.9 Å². The zero-order valence-electron chi connectivity index (χ0n) is 22.6. The molecule has 0 radical (unpaired) electrons. The third kappa shape index (κ3) is 6.84. The normalized spacial score (nSPS) is 14.2. The molecule has 2 aliphatic heterocycles. The van der Waals surface area contributed by atoms with Gasteiger partial charge in [-0.05, 0) is 76.1 Å². The highest BCUT2D eigenvalue weighted by molar-refractivity contribution is 8.22. The van der Waals surface area contributed by atoms with Crippen LogP contribution in [0.2, 0.25) is 10.0 Å². The van der Waals surface area contributed by atoms with Crippen molar-refractivity contribution in [1.29, 1.82) is 0 Å². The molecule has 4 aromatic carbocycles. The standard InChI is InChI=1S/C35H30Cl2O2S2/c36-29-12-8-26(9-13-29)32(27-10-14-30(37)15-11-27)33(25-5-2-1-3-6-25)34(35-40-21-4-22-41-35)39-19-17-24-7-16-31-28(23-24)18-20-38-31/h1-3,5-16,23H,4,17-22H2. The zero-order valence-corrected chi connectivity index (χ0v) is 25.7. The van der Waals surface area contributed by atoms with Crippen molar-refractivity contribution in [3.8, 4) is 5.75 Å². The molecular weight excluding hydrogens is 587 g/mol. The summed E-state index contributed by atoms with van der Waals surface area (Å²) in [6, 6.07) is 33.2. The van der Waals surface area contributed by atoms with Crippen LogP contribution in [-0.4, -0.2) is 24.7 Å². The maximum absolute atomic E-state index is 6.89. The van der Waals surface area contributed by atoms with E-state index in [4.69, 9.17) is 32.7 Å². The quantitative estimate of drug-likeness (QED) is 0.145. The molecule has 0 spiro atoms. The number of rotatable bonds is 8. The fourth-order valence-electron chi connectivity index (χ4n) is 5.14. The molecule has 0 aliphatic carbocycles. The van der Waals surface area contributed by atoms with Crippen LogP contribution in [0.1, 0.15) is 34.2 Å². The van der Waals surface area contributed by atoms with Gasteiger partial charge in [0, 0.05) is 34.0 Å². The summed E-state index contributed by atoms with van der Waals surface area (Å²) in [5, 5.41) is 1.41. The van der Waals surface area contributed by atoms with Gasteiger partial charge < -0.3 is 9.47 Å². The van der Waals surface area contributed by atoms with Crippen molar-refractivity contribution < 1.29 is 9.47 Å². The first-order valence-electron chi connectivity index (χ1n) is 13.8. The summed E-state index contributed by atoms with van der Waals surface area (Å²) in [4.78, 5) is 0. The van der Waals surface area contributed by atoms with Crippen molar-refractivity contribution in [2.75, 3.05) is 24.7 Å². The highest BCUT2D eigenvalue weighted by Gasteiger charge is 2.24. The fraction of sp³-hybridized carbons (Fsp3) is 0.200. The first-order valence-corrected chi connectivity index (χ1v) is 16.6. The van der Waals surface area contributed by atoms with Crippen LogP contribution in [0.4, 0.5) is 0 Å². The molecule has 2 heterocycles. The van der Waals surface area contributed by atoms with Crippen molar-refractivity contribution in [1.82, 2.24) is 0 Å². The lowest BCUT2D eigenvalue weighted by Crippen LogP contribution is -2.08. The van der Waals surface area contributed by atoms with Gasteiger partial charge in [-0.15, -0.1) is 23.5 Å². The lowest BCUT2D eigenvalue weighted by molar-refractivity contribution is 0.232. The minimum atomic E-state index is 0.574. The molecule has 2 nitrogen and oxygen atoms in total. The van der Waals surface area contributed by atoms with Gasteiger partial charge in [-0.1, -0.05) is 89.9 Å². The molecule has 208 valence electrons. The summed E-state index contributed by atoms with van der Waals surface area (Å²) < 4.78 is 13.8. The lowest BCUT2D eigenvalue weighted by Gasteiger charge is -2.24. The first kappa shape index (κ1) is 28.4. The van der Waals surface area contributed by atoms with Crippen LogP contribution in [0.15, 0.2) is 107 Å². The highest BCUT2D eigenvalue weighted by atomic mass is 35.5. The van der Waals surface area contributed by atoms with Gasteiger partial charge in [0.15, 0.2) is 0 Å². The van der Waals surface area contributed by atoms with E-state index in [2.05, 4.69) is 72.8 Å². The summed E-state index contributed by atoms with van der Waals surface area (Å²) in [6.07, 6.45) is 2.98. The summed E-state index contributed by atoms with van der Waals surface area (Å²) in [5.41, 5.74) is 7.98. The summed E-state index contributed by atoms with van der Waals surface area (Å²) in [6.45, 7) is 1.34. The summed E-state index contributed by atoms with van der Waals surface area (Å²) in [5.74, 6) is 4.12. The van der Waals surface area contributed by atoms with E-state index in [0.29, 0.717) is 16.7 Å². The molecule has 0 amide bonds. The second-order valence-corrected chi connectivity index (χ2v) is 13.3. The zero-order chi connectivity index (χ0) is 28.0. The molecule has 1 saturated heterocycles. The first-order chi connectivity index (χ1) is 20.2. The summed E-state index contributed by atoms with van der Waals surface area (Å²) >= 11 is 16.5. The average Bonchev–Trinajstić information content (AvgIpc) is 3.49. The molecule has 6 rings (SSSR count). The Labute approximate surface area is 260 Å². The average molecular weight is 618 g/mol. The Morgan fingerprint density at radius 1 is 0.756 bits per heavy atom. The minimum absolute atomic E-state index is 0.574. The molecule has 1 fully saturated rings. The molecule has 0 N–H and O–H groups in total. The third-order valence-electron chi connectivity index (χ3n) is 7.14. The second kappa shape index (κ2) is 13.5. The van der Waals surface area contributed by atoms with Gasteiger partial charge >= 0.3 is 0 Å². The van der Waals surface area contributed by atoms with Gasteiger partial charge in [0.2, 0.25) is 0 Å². The molecule has 0 unspecified atom stereocenters. The number of fused-ring (bicyclic) bond motifs is 1. The number of allylic oxidation sites excluding steroid dienone is 1. The Hall–Kier alpha value is -2.76. The van der Waals surface area contributed by atoms with Gasteiger partial charge in [-0.2, -0.15) is 0 Å². The second-order valence-electron chi connectivity index (χ2n) is 9.94. The predicted octanol–water partition coefficient (Wildman–Crippen LogP) is 10.2. The Balaban J connectivity index is 1.49. The molecular formula is C35H30Cl2O2S2. The maximum atomic E-state index is 6.89. The van der Waals surface area contributed by atoms with Crippen LogP contribution >= 0.6 is 46.7 Å². The molecule has 0 aromatic heterocycles. The smallest absolute Gasteiger partial charge is 0.147 e. The SMILES string of the molecule is Clc1ccc(C(=C(C(OCCc2ccc3c(c2)CCO3)=C2SCCCS2)c2ccccc2)c2ccc(Cl)cc2)cc1. The van der Waals surface area contributed by atoms with Crippen LogP contribution in [0.5, 0.6) is 5.75 Å². The van der Waals surface area contributed by atoms with E-state index < -0.39 is 0 Å². The van der Waals surface area contributed by atoms with E-state index in [-0.39, 0.29) is 0 Å². The predicted molar refractivity (Wildman–Crippen MR) is 177 cm³/mol. The fourth-order valence-corrected chi connectivity index (χ4v) is 7.94. The lowest BCUT2D eigenvalue weighted by atomic mass is 9.88. The van der Waals surface area contributed by atoms with E-state index in [9.17, 15) is 0 Å². The van der Waals surface area contributed by atoms with Crippen LogP contribution in [0.25, 0.3) is 11.1 Å². The minimum Gasteiger partial charge on any atom is -0.493 e. The molecule has 0 atom stereocenters. The molecule has 2 aliphatic rings. The Morgan fingerprint density at radius 3 is 2.07 bits per heavy atom. The number of hydrogen-bond acceptors (Lipinski definition) is 4. The topological polar surface area (TPSA) is 18.5 Å². The maximum Gasteiger partial charge on any atom is 0.147 e. The highest BCUT2D eigenvalue weighted by Crippen LogP contribution is 2.45. The number of benzene rings is 4. The van der Waals surface area contributed by atoms with Crippen LogP contribution in [-0.2, 0) is 17.6 Å². The number of ether oxygens (including phenoxy) is 2. The van der Waals surface area contributed by atoms with E-state index >= 15 is 0 Å². The van der Waals surface area contributed by atoms with Crippen molar-refractivity contribution in [2.24, 2.45) is 0 Å². The summed E-state index contributed by atoms with van der Waals surface area (Å²) in [7, 11) is 0. The monoisotopic (exact) mass is 616 g/mol.